The van der Waals surface area contributed by atoms with Gasteiger partial charge in [-0.1, -0.05) is 0 Å². The Morgan fingerprint density at radius 2 is 2.05 bits per heavy atom. The number of nitrogens with zero attached hydrogens (tertiary/aromatic N) is 5. The molecule has 0 fully saturated rings. The highest BCUT2D eigenvalue weighted by atomic mass is 16.2. The fraction of sp³-hybridized carbons (Fsp3) is 0.429. The number of aromatic nitrogens is 4. The lowest BCUT2D eigenvalue weighted by Crippen LogP contribution is -2.26. The molecule has 0 bridgehead atoms. The number of anilines is 1. The summed E-state index contributed by atoms with van der Waals surface area (Å²) in [5, 5.41) is 11.0. The lowest BCUT2D eigenvalue weighted by molar-refractivity contribution is 0.0816. The molecule has 0 spiro atoms. The van der Waals surface area contributed by atoms with Crippen molar-refractivity contribution in [1.29, 1.82) is 0 Å². The molecule has 8 heteroatoms. The Morgan fingerprint density at radius 1 is 1.36 bits per heavy atom. The van der Waals surface area contributed by atoms with Crippen molar-refractivity contribution in [2.45, 2.75) is 20.4 Å². The standard InChI is InChI=1S/C14H20N6O2/c1-6-20-12(14(22)18(3)4)11(7-15-20)16-13(21)10-8-19(5)17-9(10)2/h7-8H,6H2,1-5H3,(H,16,21). The van der Waals surface area contributed by atoms with E-state index in [-0.39, 0.29) is 11.8 Å². The summed E-state index contributed by atoms with van der Waals surface area (Å²) >= 11 is 0. The molecule has 0 aliphatic carbocycles. The zero-order chi connectivity index (χ0) is 16.4. The lowest BCUT2D eigenvalue weighted by atomic mass is 10.2. The molecule has 0 aliphatic heterocycles. The Balaban J connectivity index is 2.34. The zero-order valence-corrected chi connectivity index (χ0v) is 13.4. The molecule has 0 saturated heterocycles. The molecule has 118 valence electrons. The number of nitrogens with one attached hydrogen (secondary N) is 1. The Bertz CT molecular complexity index is 713. The maximum Gasteiger partial charge on any atom is 0.273 e. The molecule has 2 aromatic heterocycles. The summed E-state index contributed by atoms with van der Waals surface area (Å²) < 4.78 is 3.14. The average Bonchev–Trinajstić information content (AvgIpc) is 3.00. The van der Waals surface area contributed by atoms with Crippen LogP contribution in [0.15, 0.2) is 12.4 Å². The normalized spacial score (nSPS) is 10.6. The number of carbonyl (C=O) groups is 2. The van der Waals surface area contributed by atoms with Gasteiger partial charge in [-0.15, -0.1) is 0 Å². The van der Waals surface area contributed by atoms with Crippen molar-refractivity contribution in [2.75, 3.05) is 19.4 Å². The van der Waals surface area contributed by atoms with E-state index in [1.54, 1.807) is 43.6 Å². The summed E-state index contributed by atoms with van der Waals surface area (Å²) in [6.07, 6.45) is 3.13. The van der Waals surface area contributed by atoms with Gasteiger partial charge < -0.3 is 10.2 Å². The smallest absolute Gasteiger partial charge is 0.273 e. The van der Waals surface area contributed by atoms with Gasteiger partial charge in [-0.25, -0.2) is 0 Å². The van der Waals surface area contributed by atoms with Crippen LogP contribution >= 0.6 is 0 Å². The van der Waals surface area contributed by atoms with Crippen molar-refractivity contribution in [1.82, 2.24) is 24.5 Å². The first-order valence-corrected chi connectivity index (χ1v) is 6.94. The molecular formula is C14H20N6O2. The van der Waals surface area contributed by atoms with Crippen LogP contribution in [0.3, 0.4) is 0 Å². The van der Waals surface area contributed by atoms with Crippen LogP contribution in [0, 0.1) is 6.92 Å². The first-order valence-electron chi connectivity index (χ1n) is 6.94. The highest BCUT2D eigenvalue weighted by Crippen LogP contribution is 2.18. The van der Waals surface area contributed by atoms with Gasteiger partial charge in [0.1, 0.15) is 5.69 Å². The minimum Gasteiger partial charge on any atom is -0.343 e. The molecule has 0 aliphatic rings. The monoisotopic (exact) mass is 304 g/mol. The molecule has 8 nitrogen and oxygen atoms in total. The fourth-order valence-electron chi connectivity index (χ4n) is 2.17. The highest BCUT2D eigenvalue weighted by Gasteiger charge is 2.22. The molecule has 2 aromatic rings. The van der Waals surface area contributed by atoms with Crippen molar-refractivity contribution in [3.05, 3.63) is 29.3 Å². The van der Waals surface area contributed by atoms with E-state index in [0.29, 0.717) is 29.2 Å². The van der Waals surface area contributed by atoms with Crippen LogP contribution in [0.4, 0.5) is 5.69 Å². The third-order valence-corrected chi connectivity index (χ3v) is 3.25. The summed E-state index contributed by atoms with van der Waals surface area (Å²) in [5.74, 6) is -0.522. The van der Waals surface area contributed by atoms with Gasteiger partial charge in [0.2, 0.25) is 0 Å². The van der Waals surface area contributed by atoms with Crippen LogP contribution < -0.4 is 5.32 Å². The highest BCUT2D eigenvalue weighted by molar-refractivity contribution is 6.08. The Kier molecular flexibility index (Phi) is 4.30. The lowest BCUT2D eigenvalue weighted by Gasteiger charge is -2.13. The van der Waals surface area contributed by atoms with E-state index in [1.165, 1.54) is 11.1 Å². The van der Waals surface area contributed by atoms with Crippen molar-refractivity contribution in [3.8, 4) is 0 Å². The summed E-state index contributed by atoms with van der Waals surface area (Å²) in [4.78, 5) is 26.1. The number of hydrogen-bond donors (Lipinski definition) is 1. The number of amides is 2. The van der Waals surface area contributed by atoms with Crippen molar-refractivity contribution in [2.24, 2.45) is 7.05 Å². The first kappa shape index (κ1) is 15.7. The molecule has 22 heavy (non-hydrogen) atoms. The van der Waals surface area contributed by atoms with Crippen LogP contribution in [0.25, 0.3) is 0 Å². The van der Waals surface area contributed by atoms with E-state index in [9.17, 15) is 9.59 Å². The maximum atomic E-state index is 12.4. The third-order valence-electron chi connectivity index (χ3n) is 3.25. The number of carbonyl (C=O) groups excluding carboxylic acids is 2. The van der Waals surface area contributed by atoms with E-state index in [0.717, 1.165) is 0 Å². The second-order valence-corrected chi connectivity index (χ2v) is 5.18. The van der Waals surface area contributed by atoms with Crippen LogP contribution in [0.1, 0.15) is 33.5 Å². The van der Waals surface area contributed by atoms with Crippen LogP contribution in [-0.4, -0.2) is 50.4 Å². The Labute approximate surface area is 128 Å². The fourth-order valence-corrected chi connectivity index (χ4v) is 2.17. The minimum absolute atomic E-state index is 0.211. The largest absolute Gasteiger partial charge is 0.343 e. The summed E-state index contributed by atoms with van der Waals surface area (Å²) in [7, 11) is 5.07. The second-order valence-electron chi connectivity index (χ2n) is 5.18. The quantitative estimate of drug-likeness (QED) is 0.909. The van der Waals surface area contributed by atoms with Crippen LogP contribution in [0.2, 0.25) is 0 Å². The number of aryl methyl sites for hydroxylation is 3. The maximum absolute atomic E-state index is 12.4. The Hall–Kier alpha value is -2.64. The predicted octanol–water partition coefficient (Wildman–Crippen LogP) is 0.899. The predicted molar refractivity (Wildman–Crippen MR) is 81.8 cm³/mol. The average molecular weight is 304 g/mol. The molecule has 2 amide bonds. The van der Waals surface area contributed by atoms with Gasteiger partial charge in [0, 0.05) is 33.9 Å². The zero-order valence-electron chi connectivity index (χ0n) is 13.4. The number of rotatable bonds is 4. The molecule has 0 atom stereocenters. The van der Waals surface area contributed by atoms with Gasteiger partial charge >= 0.3 is 0 Å². The SMILES string of the molecule is CCn1ncc(NC(=O)c2cn(C)nc2C)c1C(=O)N(C)C. The second kappa shape index (κ2) is 6.00. The third kappa shape index (κ3) is 2.85. The van der Waals surface area contributed by atoms with Crippen LogP contribution in [0.5, 0.6) is 0 Å². The van der Waals surface area contributed by atoms with Gasteiger partial charge in [0.05, 0.1) is 23.1 Å². The van der Waals surface area contributed by atoms with Gasteiger partial charge in [-0.2, -0.15) is 10.2 Å². The molecule has 1 N–H and O–H groups in total. The first-order chi connectivity index (χ1) is 10.3. The van der Waals surface area contributed by atoms with Gasteiger partial charge in [0.15, 0.2) is 0 Å². The number of hydrogen-bond acceptors (Lipinski definition) is 4. The molecule has 0 unspecified atom stereocenters. The van der Waals surface area contributed by atoms with E-state index in [2.05, 4.69) is 15.5 Å². The minimum atomic E-state index is -0.311. The molecule has 0 aromatic carbocycles. The van der Waals surface area contributed by atoms with E-state index in [1.807, 2.05) is 6.92 Å². The summed E-state index contributed by atoms with van der Waals surface area (Å²) in [6, 6.07) is 0. The molecular weight excluding hydrogens is 284 g/mol. The molecule has 0 saturated carbocycles. The van der Waals surface area contributed by atoms with E-state index >= 15 is 0 Å². The van der Waals surface area contributed by atoms with Crippen molar-refractivity contribution in [3.63, 3.8) is 0 Å². The van der Waals surface area contributed by atoms with E-state index in [4.69, 9.17) is 0 Å². The molecule has 2 heterocycles. The van der Waals surface area contributed by atoms with Crippen molar-refractivity contribution >= 4 is 17.5 Å². The summed E-state index contributed by atoms with van der Waals surface area (Å²) in [5.41, 5.74) is 1.86. The van der Waals surface area contributed by atoms with Crippen molar-refractivity contribution < 1.29 is 9.59 Å². The molecule has 0 radical (unpaired) electrons. The van der Waals surface area contributed by atoms with Gasteiger partial charge in [-0.05, 0) is 13.8 Å². The van der Waals surface area contributed by atoms with Gasteiger partial charge in [-0.3, -0.25) is 19.0 Å². The Morgan fingerprint density at radius 3 is 2.55 bits per heavy atom. The van der Waals surface area contributed by atoms with Crippen LogP contribution in [-0.2, 0) is 13.6 Å². The summed E-state index contributed by atoms with van der Waals surface area (Å²) in [6.45, 7) is 4.18. The topological polar surface area (TPSA) is 85.0 Å². The van der Waals surface area contributed by atoms with Gasteiger partial charge in [0.25, 0.3) is 11.8 Å². The van der Waals surface area contributed by atoms with E-state index < -0.39 is 0 Å². The molecule has 2 rings (SSSR count).